The van der Waals surface area contributed by atoms with E-state index in [1.807, 2.05) is 24.3 Å². The number of anilines is 5. The van der Waals surface area contributed by atoms with Crippen LogP contribution in [0.5, 0.6) is 5.75 Å². The Bertz CT molecular complexity index is 1580. The summed E-state index contributed by atoms with van der Waals surface area (Å²) in [6.45, 7) is 7.15. The van der Waals surface area contributed by atoms with Crippen molar-refractivity contribution in [2.45, 2.75) is 6.04 Å². The summed E-state index contributed by atoms with van der Waals surface area (Å²) in [4.78, 5) is 22.7. The lowest BCUT2D eigenvalue weighted by Crippen LogP contribution is -2.56. The van der Waals surface area contributed by atoms with Gasteiger partial charge in [0.2, 0.25) is 5.95 Å². The van der Waals surface area contributed by atoms with E-state index in [1.165, 1.54) is 0 Å². The minimum atomic E-state index is -2.71. The summed E-state index contributed by atoms with van der Waals surface area (Å²) in [6, 6.07) is 10.2. The van der Waals surface area contributed by atoms with Gasteiger partial charge in [-0.3, -0.25) is 9.97 Å². The van der Waals surface area contributed by atoms with Crippen LogP contribution in [0.15, 0.2) is 53.4 Å². The molecule has 0 amide bonds. The monoisotopic (exact) mass is 594 g/mol. The van der Waals surface area contributed by atoms with Crippen molar-refractivity contribution in [3.05, 3.63) is 53.4 Å². The highest BCUT2D eigenvalue weighted by Crippen LogP contribution is 2.41. The van der Waals surface area contributed by atoms with Crippen molar-refractivity contribution in [3.8, 4) is 5.75 Å². The smallest absolute Gasteiger partial charge is 0.229 e. The van der Waals surface area contributed by atoms with Crippen LogP contribution in [0.4, 0.5) is 28.8 Å². The highest BCUT2D eigenvalue weighted by Gasteiger charge is 2.31. The molecule has 2 aliphatic rings. The van der Waals surface area contributed by atoms with Crippen molar-refractivity contribution in [1.82, 2.24) is 24.8 Å². The molecule has 12 heteroatoms. The number of nitrogens with one attached hydrogen (secondary N) is 2. The highest BCUT2D eigenvalue weighted by molar-refractivity contribution is 9.10. The van der Waals surface area contributed by atoms with E-state index < -0.39 is 7.14 Å². The van der Waals surface area contributed by atoms with E-state index in [9.17, 15) is 4.57 Å². The first-order valence-electron chi connectivity index (χ1n) is 12.3. The average Bonchev–Trinajstić information content (AvgIpc) is 2.89. The molecule has 1 atom stereocenters. The Balaban J connectivity index is 1.28. The lowest BCUT2D eigenvalue weighted by atomic mass is 10.1. The minimum Gasteiger partial charge on any atom is -0.489 e. The zero-order chi connectivity index (χ0) is 26.4. The summed E-state index contributed by atoms with van der Waals surface area (Å²) >= 11 is 3.54. The van der Waals surface area contributed by atoms with Crippen LogP contribution in [0.2, 0.25) is 0 Å². The molecule has 0 saturated carbocycles. The van der Waals surface area contributed by atoms with Crippen molar-refractivity contribution < 1.29 is 9.30 Å². The van der Waals surface area contributed by atoms with E-state index in [-0.39, 0.29) is 0 Å². The van der Waals surface area contributed by atoms with Crippen molar-refractivity contribution in [3.63, 3.8) is 0 Å². The van der Waals surface area contributed by atoms with Gasteiger partial charge in [0.25, 0.3) is 0 Å². The highest BCUT2D eigenvalue weighted by atomic mass is 79.9. The van der Waals surface area contributed by atoms with Gasteiger partial charge in [-0.2, -0.15) is 4.98 Å². The third-order valence-electron chi connectivity index (χ3n) is 6.79. The average molecular weight is 595 g/mol. The lowest BCUT2D eigenvalue weighted by molar-refractivity contribution is 0.188. The Hall–Kier alpha value is -3.27. The number of fused-ring (bicyclic) bond motifs is 4. The minimum absolute atomic E-state index is 0.371. The Labute approximate surface area is 229 Å². The van der Waals surface area contributed by atoms with Gasteiger partial charge in [0.05, 0.1) is 32.7 Å². The van der Waals surface area contributed by atoms with Crippen LogP contribution in [0.1, 0.15) is 0 Å². The molecule has 196 valence electrons. The first-order valence-corrected chi connectivity index (χ1v) is 15.7. The van der Waals surface area contributed by atoms with Gasteiger partial charge in [-0.05, 0) is 60.6 Å². The number of hydrogen-bond donors (Lipinski definition) is 2. The van der Waals surface area contributed by atoms with Crippen LogP contribution < -0.4 is 25.6 Å². The maximum absolute atomic E-state index is 13.3. The van der Waals surface area contributed by atoms with Crippen LogP contribution in [-0.2, 0) is 4.57 Å². The van der Waals surface area contributed by atoms with Gasteiger partial charge in [0.15, 0.2) is 0 Å². The lowest BCUT2D eigenvalue weighted by Gasteiger charge is -2.44. The van der Waals surface area contributed by atoms with Crippen LogP contribution >= 0.6 is 23.1 Å². The van der Waals surface area contributed by atoms with E-state index in [0.29, 0.717) is 50.9 Å². The molecular formula is C26H28BrN8O2P. The molecule has 2 aromatic heterocycles. The molecule has 1 unspecified atom stereocenters. The van der Waals surface area contributed by atoms with Crippen LogP contribution in [0, 0.1) is 0 Å². The van der Waals surface area contributed by atoms with Gasteiger partial charge in [-0.15, -0.1) is 0 Å². The molecule has 4 heterocycles. The topological polar surface area (TPSA) is 108 Å². The Kier molecular flexibility index (Phi) is 6.45. The first kappa shape index (κ1) is 25.0. The predicted molar refractivity (Wildman–Crippen MR) is 155 cm³/mol. The molecular weight excluding hydrogens is 567 g/mol. The maximum Gasteiger partial charge on any atom is 0.229 e. The number of halogens is 1. The van der Waals surface area contributed by atoms with Gasteiger partial charge >= 0.3 is 0 Å². The second-order valence-corrected chi connectivity index (χ2v) is 14.0. The first-order chi connectivity index (χ1) is 18.3. The van der Waals surface area contributed by atoms with Crippen LogP contribution in [0.25, 0.3) is 11.0 Å². The summed E-state index contributed by atoms with van der Waals surface area (Å²) in [5.41, 5.74) is 3.93. The summed E-state index contributed by atoms with van der Waals surface area (Å²) < 4.78 is 20.1. The molecule has 1 saturated heterocycles. The fourth-order valence-electron chi connectivity index (χ4n) is 5.04. The maximum atomic E-state index is 13.3. The van der Waals surface area contributed by atoms with Crippen molar-refractivity contribution in [2.24, 2.45) is 0 Å². The van der Waals surface area contributed by atoms with Crippen LogP contribution in [0.3, 0.4) is 0 Å². The number of likely N-dealkylation sites (N-methyl/N-ethyl adjacent to an activating group) is 1. The van der Waals surface area contributed by atoms with Crippen LogP contribution in [-0.4, -0.2) is 77.5 Å². The normalized spacial score (nSPS) is 17.5. The largest absolute Gasteiger partial charge is 0.489 e. The second-order valence-electron chi connectivity index (χ2n) is 9.98. The standard InChI is InChI=1S/C26H28BrN8O2P/c1-34-10-11-35-17(14-34)15-37-22-12-16(4-7-21(22)35)31-26-30-13-18(27)25(33-26)32-20-6-5-19-23(29-9-8-28-19)24(20)38(2,3)36/h4-9,12-13,17H,10-11,14-15H2,1-3H3,(H2,30,31,32,33). The summed E-state index contributed by atoms with van der Waals surface area (Å²) in [7, 11) is -0.553. The van der Waals surface area contributed by atoms with Crippen molar-refractivity contribution in [2.75, 3.05) is 62.2 Å². The summed E-state index contributed by atoms with van der Waals surface area (Å²) in [5.74, 6) is 1.81. The quantitative estimate of drug-likeness (QED) is 0.322. The van der Waals surface area contributed by atoms with Gasteiger partial charge in [0, 0.05) is 50.0 Å². The number of ether oxygens (including phenoxy) is 1. The number of hydrogen-bond acceptors (Lipinski definition) is 10. The molecule has 0 spiro atoms. The summed E-state index contributed by atoms with van der Waals surface area (Å²) in [5, 5.41) is 7.27. The molecule has 2 aromatic carbocycles. The molecule has 1 fully saturated rings. The van der Waals surface area contributed by atoms with Crippen molar-refractivity contribution in [1.29, 1.82) is 0 Å². The fraction of sp³-hybridized carbons (Fsp3) is 0.308. The van der Waals surface area contributed by atoms with Gasteiger partial charge in [0.1, 0.15) is 30.8 Å². The van der Waals surface area contributed by atoms with E-state index in [0.717, 1.165) is 36.8 Å². The molecule has 2 aliphatic heterocycles. The van der Waals surface area contributed by atoms with E-state index in [1.54, 1.807) is 31.9 Å². The third kappa shape index (κ3) is 4.81. The Morgan fingerprint density at radius 3 is 2.76 bits per heavy atom. The fourth-order valence-corrected chi connectivity index (χ4v) is 6.72. The zero-order valence-electron chi connectivity index (χ0n) is 21.3. The van der Waals surface area contributed by atoms with Gasteiger partial charge in [-0.1, -0.05) is 0 Å². The van der Waals surface area contributed by atoms with E-state index in [4.69, 9.17) is 4.74 Å². The molecule has 10 nitrogen and oxygen atoms in total. The molecule has 38 heavy (non-hydrogen) atoms. The molecule has 4 aromatic rings. The zero-order valence-corrected chi connectivity index (χ0v) is 23.8. The summed E-state index contributed by atoms with van der Waals surface area (Å²) in [6.07, 6.45) is 4.92. The van der Waals surface area contributed by atoms with Crippen molar-refractivity contribution >= 4 is 68.2 Å². The number of rotatable bonds is 5. The molecule has 2 N–H and O–H groups in total. The molecule has 0 bridgehead atoms. The molecule has 0 aliphatic carbocycles. The predicted octanol–water partition coefficient (Wildman–Crippen LogP) is 4.43. The molecule has 6 rings (SSSR count). The Morgan fingerprint density at radius 1 is 1.08 bits per heavy atom. The number of aromatic nitrogens is 4. The number of nitrogens with zero attached hydrogens (tertiary/aromatic N) is 6. The van der Waals surface area contributed by atoms with E-state index in [2.05, 4.69) is 69.4 Å². The van der Waals surface area contributed by atoms with E-state index >= 15 is 0 Å². The Morgan fingerprint density at radius 2 is 1.92 bits per heavy atom. The van der Waals surface area contributed by atoms with Gasteiger partial charge in [-0.25, -0.2) is 4.98 Å². The number of benzene rings is 2. The number of piperazine rings is 1. The molecule has 0 radical (unpaired) electrons. The third-order valence-corrected chi connectivity index (χ3v) is 8.90. The second kappa shape index (κ2) is 9.80. The van der Waals surface area contributed by atoms with Gasteiger partial charge < -0.3 is 29.7 Å². The SMILES string of the molecule is CN1CCN2c3ccc(Nc4ncc(Br)c(Nc5ccc6nccnc6c5P(C)(C)=O)n4)cc3OCC2C1.